The van der Waals surface area contributed by atoms with Crippen LogP contribution in [0.3, 0.4) is 0 Å². The highest BCUT2D eigenvalue weighted by atomic mass is 79.9. The third-order valence-corrected chi connectivity index (χ3v) is 8.50. The Kier molecular flexibility index (Phi) is 9.65. The molecule has 0 radical (unpaired) electrons. The summed E-state index contributed by atoms with van der Waals surface area (Å²) in [5.74, 6) is -0.183. The lowest BCUT2D eigenvalue weighted by Gasteiger charge is -2.43. The summed E-state index contributed by atoms with van der Waals surface area (Å²) in [6.07, 6.45) is 3.60. The molecule has 2 aromatic rings. The number of halogens is 2. The van der Waals surface area contributed by atoms with Crippen LogP contribution in [0.25, 0.3) is 0 Å². The number of piperazine rings is 1. The van der Waals surface area contributed by atoms with Crippen LogP contribution in [0.2, 0.25) is 0 Å². The minimum Gasteiger partial charge on any atom is -0.487 e. The molecule has 2 fully saturated rings. The van der Waals surface area contributed by atoms with Crippen molar-refractivity contribution in [3.8, 4) is 5.75 Å². The van der Waals surface area contributed by atoms with Crippen LogP contribution >= 0.6 is 31.9 Å². The lowest BCUT2D eigenvalue weighted by molar-refractivity contribution is -0.143. The highest BCUT2D eigenvalue weighted by Gasteiger charge is 2.45. The van der Waals surface area contributed by atoms with Gasteiger partial charge < -0.3 is 24.4 Å². The van der Waals surface area contributed by atoms with Gasteiger partial charge >= 0.3 is 6.09 Å². The number of hydrogen-bond acceptors (Lipinski definition) is 5. The Morgan fingerprint density at radius 2 is 1.51 bits per heavy atom. The smallest absolute Gasteiger partial charge is 0.410 e. The van der Waals surface area contributed by atoms with Gasteiger partial charge in [0.05, 0.1) is 20.5 Å². The quantitative estimate of drug-likeness (QED) is 0.374. The summed E-state index contributed by atoms with van der Waals surface area (Å²) >= 11 is 7.31. The number of carbonyl (C=O) groups excluding carboxylic acids is 2. The second-order valence-electron chi connectivity index (χ2n) is 11.5. The van der Waals surface area contributed by atoms with E-state index in [0.717, 1.165) is 39.3 Å². The zero-order valence-corrected chi connectivity index (χ0v) is 26.1. The summed E-state index contributed by atoms with van der Waals surface area (Å²) in [6.45, 7) is 7.51. The van der Waals surface area contributed by atoms with E-state index >= 15 is 0 Å². The van der Waals surface area contributed by atoms with E-state index in [2.05, 4.69) is 31.9 Å². The Bertz CT molecular complexity index is 1130. The number of carbonyl (C=O) groups is 2. The molecule has 1 heterocycles. The van der Waals surface area contributed by atoms with Crippen molar-refractivity contribution >= 4 is 43.9 Å². The molecule has 212 valence electrons. The van der Waals surface area contributed by atoms with Crippen LogP contribution < -0.4 is 4.74 Å². The fraction of sp³-hybridized carbons (Fsp3) is 0.533. The van der Waals surface area contributed by atoms with Gasteiger partial charge in [0.15, 0.2) is 0 Å². The third kappa shape index (κ3) is 7.55. The summed E-state index contributed by atoms with van der Waals surface area (Å²) in [4.78, 5) is 30.1. The summed E-state index contributed by atoms with van der Waals surface area (Å²) in [7, 11) is 0. The van der Waals surface area contributed by atoms with Gasteiger partial charge in [0.1, 0.15) is 18.0 Å². The van der Waals surface area contributed by atoms with Crippen molar-refractivity contribution in [2.75, 3.05) is 26.2 Å². The van der Waals surface area contributed by atoms with Gasteiger partial charge in [0.25, 0.3) is 0 Å². The van der Waals surface area contributed by atoms with Gasteiger partial charge in [-0.2, -0.15) is 0 Å². The standard InChI is InChI=1S/C30H38Br2N2O5/c1-29(2,3)39-28(36)34-16-14-33(15-17-34)27(35)25(30(37)12-8-5-9-13-30)22-18-23(31)26(24(32)19-22)38-20-21-10-6-4-7-11-21/h4,6-7,10-11,18-19,25,37H,5,8-9,12-17,20H2,1-3H3. The van der Waals surface area contributed by atoms with E-state index in [1.54, 1.807) is 9.80 Å². The number of amides is 2. The highest BCUT2D eigenvalue weighted by molar-refractivity contribution is 9.11. The van der Waals surface area contributed by atoms with Gasteiger partial charge in [-0.3, -0.25) is 4.79 Å². The summed E-state index contributed by atoms with van der Waals surface area (Å²) in [5.41, 5.74) is 0.0836. The first kappa shape index (κ1) is 29.9. The molecule has 1 unspecified atom stereocenters. The Morgan fingerprint density at radius 1 is 0.949 bits per heavy atom. The zero-order valence-electron chi connectivity index (χ0n) is 22.9. The number of aliphatic hydroxyl groups is 1. The number of ether oxygens (including phenoxy) is 2. The minimum absolute atomic E-state index is 0.111. The molecule has 0 bridgehead atoms. The molecule has 39 heavy (non-hydrogen) atoms. The van der Waals surface area contributed by atoms with E-state index in [1.165, 1.54) is 0 Å². The SMILES string of the molecule is CC(C)(C)OC(=O)N1CCN(C(=O)C(c2cc(Br)c(OCc3ccccc3)c(Br)c2)C2(O)CCCCC2)CC1. The Hall–Kier alpha value is -2.10. The average Bonchev–Trinajstić information content (AvgIpc) is 2.88. The van der Waals surface area contributed by atoms with Crippen LogP contribution in [0.4, 0.5) is 4.79 Å². The Balaban J connectivity index is 1.55. The van der Waals surface area contributed by atoms with Crippen LogP contribution in [0.1, 0.15) is 69.9 Å². The number of benzene rings is 2. The fourth-order valence-corrected chi connectivity index (χ4v) is 6.82. The van der Waals surface area contributed by atoms with Crippen molar-refractivity contribution in [1.82, 2.24) is 9.80 Å². The van der Waals surface area contributed by atoms with Crippen molar-refractivity contribution in [1.29, 1.82) is 0 Å². The molecule has 0 spiro atoms. The molecule has 9 heteroatoms. The molecule has 2 aromatic carbocycles. The van der Waals surface area contributed by atoms with E-state index < -0.39 is 17.1 Å². The molecule has 4 rings (SSSR count). The molecule has 1 aliphatic heterocycles. The molecule has 1 atom stereocenters. The highest BCUT2D eigenvalue weighted by Crippen LogP contribution is 2.45. The van der Waals surface area contributed by atoms with Gasteiger partial charge in [-0.1, -0.05) is 49.6 Å². The maximum atomic E-state index is 14.1. The molecule has 7 nitrogen and oxygen atoms in total. The van der Waals surface area contributed by atoms with Crippen molar-refractivity contribution in [3.05, 3.63) is 62.5 Å². The predicted octanol–water partition coefficient (Wildman–Crippen LogP) is 6.65. The average molecular weight is 666 g/mol. The van der Waals surface area contributed by atoms with Crippen LogP contribution in [0, 0.1) is 0 Å². The van der Waals surface area contributed by atoms with Crippen LogP contribution in [0.5, 0.6) is 5.75 Å². The second-order valence-corrected chi connectivity index (χ2v) is 13.2. The molecule has 1 saturated heterocycles. The van der Waals surface area contributed by atoms with Gasteiger partial charge in [-0.15, -0.1) is 0 Å². The van der Waals surface area contributed by atoms with Crippen molar-refractivity contribution in [2.24, 2.45) is 0 Å². The number of rotatable bonds is 6. The first-order valence-corrected chi connectivity index (χ1v) is 15.2. The van der Waals surface area contributed by atoms with Gasteiger partial charge in [0.2, 0.25) is 5.91 Å². The molecule has 1 N–H and O–H groups in total. The first-order chi connectivity index (χ1) is 18.5. The van der Waals surface area contributed by atoms with Crippen molar-refractivity contribution < 1.29 is 24.2 Å². The lowest BCUT2D eigenvalue weighted by atomic mass is 9.72. The Labute approximate surface area is 248 Å². The van der Waals surface area contributed by atoms with Gasteiger partial charge in [0, 0.05) is 26.2 Å². The lowest BCUT2D eigenvalue weighted by Crippen LogP contribution is -2.55. The van der Waals surface area contributed by atoms with Crippen molar-refractivity contribution in [3.63, 3.8) is 0 Å². The van der Waals surface area contributed by atoms with E-state index in [-0.39, 0.29) is 12.0 Å². The number of nitrogens with zero attached hydrogens (tertiary/aromatic N) is 2. The molecule has 2 amide bonds. The van der Waals surface area contributed by atoms with Crippen molar-refractivity contribution in [2.45, 2.75) is 76.6 Å². The largest absolute Gasteiger partial charge is 0.487 e. The molecule has 2 aliphatic rings. The molecular formula is C30H38Br2N2O5. The van der Waals surface area contributed by atoms with Crippen LogP contribution in [0.15, 0.2) is 51.4 Å². The van der Waals surface area contributed by atoms with Crippen LogP contribution in [-0.4, -0.2) is 64.3 Å². The first-order valence-electron chi connectivity index (χ1n) is 13.6. The maximum absolute atomic E-state index is 14.1. The monoisotopic (exact) mass is 664 g/mol. The Morgan fingerprint density at radius 3 is 2.08 bits per heavy atom. The van der Waals surface area contributed by atoms with Gasteiger partial charge in [-0.25, -0.2) is 4.79 Å². The zero-order chi connectivity index (χ0) is 28.2. The van der Waals surface area contributed by atoms with E-state index in [1.807, 2.05) is 63.2 Å². The summed E-state index contributed by atoms with van der Waals surface area (Å²) in [5, 5.41) is 11.9. The third-order valence-electron chi connectivity index (χ3n) is 7.33. The summed E-state index contributed by atoms with van der Waals surface area (Å²) < 4.78 is 13.0. The minimum atomic E-state index is -1.14. The van der Waals surface area contributed by atoms with E-state index in [9.17, 15) is 14.7 Å². The summed E-state index contributed by atoms with van der Waals surface area (Å²) in [6, 6.07) is 13.7. The second kappa shape index (κ2) is 12.6. The number of hydrogen-bond donors (Lipinski definition) is 1. The normalized spacial score (nSPS) is 18.4. The predicted molar refractivity (Wildman–Crippen MR) is 158 cm³/mol. The topological polar surface area (TPSA) is 79.3 Å². The van der Waals surface area contributed by atoms with E-state index in [0.29, 0.717) is 51.4 Å². The molecule has 1 aliphatic carbocycles. The molecule has 1 saturated carbocycles. The van der Waals surface area contributed by atoms with Gasteiger partial charge in [-0.05, 0) is 88.7 Å². The van der Waals surface area contributed by atoms with Crippen LogP contribution in [-0.2, 0) is 16.1 Å². The molecule has 0 aromatic heterocycles. The van der Waals surface area contributed by atoms with E-state index in [4.69, 9.17) is 9.47 Å². The molecular weight excluding hydrogens is 628 g/mol. The maximum Gasteiger partial charge on any atom is 0.410 e. The fourth-order valence-electron chi connectivity index (χ4n) is 5.37.